The van der Waals surface area contributed by atoms with E-state index in [2.05, 4.69) is 4.98 Å². The van der Waals surface area contributed by atoms with Crippen molar-refractivity contribution in [3.05, 3.63) is 30.1 Å². The number of carbonyl (C=O) groups excluding carboxylic acids is 2. The summed E-state index contributed by atoms with van der Waals surface area (Å²) >= 11 is -0.305. The Balaban J connectivity index is 1.68. The zero-order chi connectivity index (χ0) is 18.0. The van der Waals surface area contributed by atoms with E-state index in [0.717, 1.165) is 6.42 Å². The summed E-state index contributed by atoms with van der Waals surface area (Å²) in [6.07, 6.45) is 4.68. The van der Waals surface area contributed by atoms with Crippen molar-refractivity contribution >= 4 is 23.6 Å². The lowest BCUT2D eigenvalue weighted by Gasteiger charge is -2.36. The van der Waals surface area contributed by atoms with Gasteiger partial charge in [0, 0.05) is 43.6 Å². The molecule has 1 aromatic rings. The fraction of sp³-hybridized carbons (Fsp3) is 0.562. The number of halogens is 3. The molecule has 3 fully saturated rings. The fourth-order valence-corrected chi connectivity index (χ4v) is 3.91. The van der Waals surface area contributed by atoms with Gasteiger partial charge in [-0.05, 0) is 42.7 Å². The summed E-state index contributed by atoms with van der Waals surface area (Å²) in [5.74, 6) is -1.14. The SMILES string of the molecule is O=C(c1ccncc1)N1C[C@@H]2CC[C@H](C1)N(C(=O)CSC(F)(F)F)C2. The van der Waals surface area contributed by atoms with Crippen molar-refractivity contribution < 1.29 is 22.8 Å². The first kappa shape index (κ1) is 18.0. The zero-order valence-corrected chi connectivity index (χ0v) is 14.2. The van der Waals surface area contributed by atoms with Crippen LogP contribution in [0.3, 0.4) is 0 Å². The van der Waals surface area contributed by atoms with Crippen LogP contribution in [-0.4, -0.2) is 63.5 Å². The molecule has 2 atom stereocenters. The van der Waals surface area contributed by atoms with Crippen molar-refractivity contribution in [3.8, 4) is 0 Å². The summed E-state index contributed by atoms with van der Waals surface area (Å²) in [5, 5.41) is 0. The van der Waals surface area contributed by atoms with E-state index in [1.165, 1.54) is 4.90 Å². The van der Waals surface area contributed by atoms with Crippen molar-refractivity contribution in [2.45, 2.75) is 24.4 Å². The van der Waals surface area contributed by atoms with Crippen LogP contribution in [0.1, 0.15) is 23.2 Å². The highest BCUT2D eigenvalue weighted by molar-refractivity contribution is 8.00. The Hall–Kier alpha value is -1.77. The molecule has 25 heavy (non-hydrogen) atoms. The molecule has 5 nitrogen and oxygen atoms in total. The van der Waals surface area contributed by atoms with Crippen molar-refractivity contribution in [1.29, 1.82) is 0 Å². The summed E-state index contributed by atoms with van der Waals surface area (Å²) in [4.78, 5) is 32.0. The predicted molar refractivity (Wildman–Crippen MR) is 86.9 cm³/mol. The molecule has 3 saturated heterocycles. The quantitative estimate of drug-likeness (QED) is 0.817. The van der Waals surface area contributed by atoms with Gasteiger partial charge >= 0.3 is 5.51 Å². The topological polar surface area (TPSA) is 53.5 Å². The Morgan fingerprint density at radius 3 is 2.56 bits per heavy atom. The number of hydrogen-bond acceptors (Lipinski definition) is 4. The van der Waals surface area contributed by atoms with Crippen LogP contribution in [0.25, 0.3) is 0 Å². The third kappa shape index (κ3) is 4.45. The Morgan fingerprint density at radius 2 is 1.88 bits per heavy atom. The second-order valence-electron chi connectivity index (χ2n) is 6.32. The van der Waals surface area contributed by atoms with Crippen LogP contribution in [0.4, 0.5) is 13.2 Å². The average Bonchev–Trinajstić information content (AvgIpc) is 2.91. The van der Waals surface area contributed by atoms with Gasteiger partial charge in [0.2, 0.25) is 5.91 Å². The smallest absolute Gasteiger partial charge is 0.337 e. The van der Waals surface area contributed by atoms with Crippen molar-refractivity contribution in [1.82, 2.24) is 14.8 Å². The summed E-state index contributed by atoms with van der Waals surface area (Å²) in [7, 11) is 0. The van der Waals surface area contributed by atoms with Gasteiger partial charge in [-0.25, -0.2) is 0 Å². The highest BCUT2D eigenvalue weighted by Crippen LogP contribution is 2.33. The van der Waals surface area contributed by atoms with Gasteiger partial charge in [0.1, 0.15) is 0 Å². The molecule has 0 aliphatic carbocycles. The number of nitrogens with zero attached hydrogens (tertiary/aromatic N) is 3. The number of alkyl halides is 3. The molecule has 0 unspecified atom stereocenters. The molecule has 2 amide bonds. The molecule has 0 saturated carbocycles. The van der Waals surface area contributed by atoms with E-state index in [9.17, 15) is 22.8 Å². The summed E-state index contributed by atoms with van der Waals surface area (Å²) in [5.41, 5.74) is -3.88. The Bertz CT molecular complexity index is 641. The second kappa shape index (κ2) is 7.23. The molecule has 0 spiro atoms. The Kier molecular flexibility index (Phi) is 5.21. The van der Waals surface area contributed by atoms with E-state index >= 15 is 0 Å². The number of hydrogen-bond donors (Lipinski definition) is 0. The zero-order valence-electron chi connectivity index (χ0n) is 13.4. The standard InChI is InChI=1S/C16H18F3N3O2S/c17-16(18,19)25-10-14(23)22-8-11-1-2-13(22)9-21(7-11)15(24)12-3-5-20-6-4-12/h3-6,11,13H,1-2,7-10H2/t11-,13+/m0/s1. The molecule has 4 rings (SSSR count). The molecular weight excluding hydrogens is 355 g/mol. The number of aromatic nitrogens is 1. The van der Waals surface area contributed by atoms with Gasteiger partial charge in [-0.3, -0.25) is 14.6 Å². The molecule has 1 aromatic heterocycles. The maximum atomic E-state index is 12.6. The van der Waals surface area contributed by atoms with Gasteiger partial charge in [-0.2, -0.15) is 13.2 Å². The molecule has 2 bridgehead atoms. The number of piperidine rings is 1. The number of carbonyl (C=O) groups is 2. The van der Waals surface area contributed by atoms with Gasteiger partial charge in [-0.15, -0.1) is 0 Å². The first-order valence-corrected chi connectivity index (χ1v) is 9.01. The van der Waals surface area contributed by atoms with Crippen LogP contribution in [0.5, 0.6) is 0 Å². The van der Waals surface area contributed by atoms with Crippen molar-refractivity contribution in [2.75, 3.05) is 25.4 Å². The van der Waals surface area contributed by atoms with E-state index in [1.807, 2.05) is 0 Å². The summed E-state index contributed by atoms with van der Waals surface area (Å²) in [6, 6.07) is 3.06. The molecule has 0 aromatic carbocycles. The monoisotopic (exact) mass is 373 g/mol. The number of rotatable bonds is 3. The second-order valence-corrected chi connectivity index (χ2v) is 7.36. The maximum Gasteiger partial charge on any atom is 0.442 e. The fourth-order valence-electron chi connectivity index (χ4n) is 3.46. The molecular formula is C16H18F3N3O2S. The maximum absolute atomic E-state index is 12.6. The van der Waals surface area contributed by atoms with Gasteiger partial charge in [0.15, 0.2) is 0 Å². The highest BCUT2D eigenvalue weighted by Gasteiger charge is 2.39. The summed E-state index contributed by atoms with van der Waals surface area (Å²) < 4.78 is 37.0. The lowest BCUT2D eigenvalue weighted by atomic mass is 9.95. The normalized spacial score (nSPS) is 23.5. The van der Waals surface area contributed by atoms with Crippen LogP contribution in [0.2, 0.25) is 0 Å². The first-order chi connectivity index (χ1) is 11.8. The number of amides is 2. The van der Waals surface area contributed by atoms with Gasteiger partial charge in [0.25, 0.3) is 5.91 Å². The largest absolute Gasteiger partial charge is 0.442 e. The van der Waals surface area contributed by atoms with Crippen LogP contribution in [0, 0.1) is 5.92 Å². The minimum absolute atomic E-state index is 0.101. The van der Waals surface area contributed by atoms with E-state index < -0.39 is 17.2 Å². The molecule has 0 radical (unpaired) electrons. The van der Waals surface area contributed by atoms with Crippen LogP contribution in [0.15, 0.2) is 24.5 Å². The molecule has 4 heterocycles. The molecule has 3 aliphatic rings. The predicted octanol–water partition coefficient (Wildman–Crippen LogP) is 2.40. The van der Waals surface area contributed by atoms with Gasteiger partial charge in [0.05, 0.1) is 5.75 Å². The molecule has 0 N–H and O–H groups in total. The lowest BCUT2D eigenvalue weighted by Crippen LogP contribution is -2.48. The summed E-state index contributed by atoms with van der Waals surface area (Å²) in [6.45, 7) is 1.30. The average molecular weight is 373 g/mol. The molecule has 3 aliphatic heterocycles. The third-order valence-corrected chi connectivity index (χ3v) is 5.33. The number of fused-ring (bicyclic) bond motifs is 4. The van der Waals surface area contributed by atoms with Crippen LogP contribution in [-0.2, 0) is 4.79 Å². The van der Waals surface area contributed by atoms with Crippen LogP contribution >= 0.6 is 11.8 Å². The van der Waals surface area contributed by atoms with Crippen molar-refractivity contribution in [3.63, 3.8) is 0 Å². The van der Waals surface area contributed by atoms with E-state index in [1.54, 1.807) is 29.4 Å². The van der Waals surface area contributed by atoms with E-state index in [4.69, 9.17) is 0 Å². The Labute approximate surface area is 147 Å². The molecule has 136 valence electrons. The number of pyridine rings is 1. The first-order valence-electron chi connectivity index (χ1n) is 8.03. The third-order valence-electron chi connectivity index (χ3n) is 4.61. The Morgan fingerprint density at radius 1 is 1.16 bits per heavy atom. The highest BCUT2D eigenvalue weighted by atomic mass is 32.2. The molecule has 9 heteroatoms. The van der Waals surface area contributed by atoms with Gasteiger partial charge in [-0.1, -0.05) is 0 Å². The minimum Gasteiger partial charge on any atom is -0.337 e. The number of thioether (sulfide) groups is 1. The minimum atomic E-state index is -4.41. The van der Waals surface area contributed by atoms with Crippen molar-refractivity contribution in [2.24, 2.45) is 5.92 Å². The lowest BCUT2D eigenvalue weighted by molar-refractivity contribution is -0.132. The van der Waals surface area contributed by atoms with E-state index in [0.29, 0.717) is 31.6 Å². The van der Waals surface area contributed by atoms with E-state index in [-0.39, 0.29) is 29.6 Å². The van der Waals surface area contributed by atoms with Gasteiger partial charge < -0.3 is 9.80 Å². The van der Waals surface area contributed by atoms with Crippen LogP contribution < -0.4 is 0 Å².